The van der Waals surface area contributed by atoms with Crippen LogP contribution in [-0.2, 0) is 17.6 Å². The fourth-order valence-electron chi connectivity index (χ4n) is 3.08. The minimum absolute atomic E-state index is 0.390. The molecule has 2 heteroatoms. The van der Waals surface area contributed by atoms with Crippen molar-refractivity contribution in [3.05, 3.63) is 35.4 Å². The number of nitrogens with one attached hydrogen (secondary N) is 1. The van der Waals surface area contributed by atoms with Gasteiger partial charge in [-0.1, -0.05) is 38.1 Å². The van der Waals surface area contributed by atoms with Crippen molar-refractivity contribution in [3.63, 3.8) is 0 Å². The van der Waals surface area contributed by atoms with Crippen LogP contribution in [0, 0.1) is 5.41 Å². The monoisotopic (exact) mass is 275 g/mol. The SMILES string of the molecule is CCCNCC1(Cc2ccc(CC)cc2)CCOCC1. The Morgan fingerprint density at radius 1 is 1.05 bits per heavy atom. The summed E-state index contributed by atoms with van der Waals surface area (Å²) in [6.07, 6.45) is 5.87. The first kappa shape index (κ1) is 15.5. The highest BCUT2D eigenvalue weighted by molar-refractivity contribution is 5.23. The number of hydrogen-bond donors (Lipinski definition) is 1. The molecule has 0 bridgehead atoms. The molecule has 0 amide bonds. The van der Waals surface area contributed by atoms with Crippen LogP contribution in [-0.4, -0.2) is 26.3 Å². The zero-order chi connectivity index (χ0) is 14.3. The minimum atomic E-state index is 0.390. The Hall–Kier alpha value is -0.860. The van der Waals surface area contributed by atoms with E-state index in [0.717, 1.165) is 32.7 Å². The zero-order valence-electron chi connectivity index (χ0n) is 13.1. The second-order valence-electron chi connectivity index (χ2n) is 6.14. The average molecular weight is 275 g/mol. The summed E-state index contributed by atoms with van der Waals surface area (Å²) in [5, 5.41) is 3.63. The average Bonchev–Trinajstić information content (AvgIpc) is 2.49. The van der Waals surface area contributed by atoms with Crippen molar-refractivity contribution in [1.82, 2.24) is 5.32 Å². The lowest BCUT2D eigenvalue weighted by Crippen LogP contribution is -2.41. The molecule has 0 unspecified atom stereocenters. The second-order valence-corrected chi connectivity index (χ2v) is 6.14. The van der Waals surface area contributed by atoms with Crippen molar-refractivity contribution < 1.29 is 4.74 Å². The van der Waals surface area contributed by atoms with Crippen molar-refractivity contribution in [2.45, 2.75) is 46.0 Å². The largest absolute Gasteiger partial charge is 0.381 e. The number of hydrogen-bond acceptors (Lipinski definition) is 2. The normalized spacial score (nSPS) is 18.1. The Balaban J connectivity index is 2.01. The Kier molecular flexibility index (Phi) is 6.06. The van der Waals surface area contributed by atoms with Crippen LogP contribution < -0.4 is 5.32 Å². The molecule has 0 radical (unpaired) electrons. The van der Waals surface area contributed by atoms with Crippen LogP contribution in [0.3, 0.4) is 0 Å². The van der Waals surface area contributed by atoms with E-state index in [1.165, 1.54) is 36.8 Å². The van der Waals surface area contributed by atoms with Crippen LogP contribution in [0.15, 0.2) is 24.3 Å². The van der Waals surface area contributed by atoms with Crippen LogP contribution in [0.25, 0.3) is 0 Å². The number of ether oxygens (including phenoxy) is 1. The molecule has 1 fully saturated rings. The third-order valence-corrected chi connectivity index (χ3v) is 4.49. The third kappa shape index (κ3) is 4.32. The van der Waals surface area contributed by atoms with Crippen molar-refractivity contribution in [3.8, 4) is 0 Å². The van der Waals surface area contributed by atoms with Crippen molar-refractivity contribution in [1.29, 1.82) is 0 Å². The molecule has 2 nitrogen and oxygen atoms in total. The minimum Gasteiger partial charge on any atom is -0.381 e. The van der Waals surface area contributed by atoms with Crippen molar-refractivity contribution in [2.24, 2.45) is 5.41 Å². The Morgan fingerprint density at radius 3 is 2.30 bits per heavy atom. The van der Waals surface area contributed by atoms with Gasteiger partial charge >= 0.3 is 0 Å². The Bertz CT molecular complexity index is 379. The molecule has 0 atom stereocenters. The third-order valence-electron chi connectivity index (χ3n) is 4.49. The molecular formula is C18H29NO. The summed E-state index contributed by atoms with van der Waals surface area (Å²) < 4.78 is 5.58. The van der Waals surface area contributed by atoms with Crippen LogP contribution >= 0.6 is 0 Å². The predicted octanol–water partition coefficient (Wildman–Crippen LogP) is 3.59. The molecule has 1 aliphatic rings. The van der Waals surface area contributed by atoms with Crippen molar-refractivity contribution in [2.75, 3.05) is 26.3 Å². The van der Waals surface area contributed by atoms with Gasteiger partial charge in [0.15, 0.2) is 0 Å². The highest BCUT2D eigenvalue weighted by Gasteiger charge is 2.32. The molecule has 0 spiro atoms. The molecule has 0 aromatic heterocycles. The van der Waals surface area contributed by atoms with Gasteiger partial charge in [-0.25, -0.2) is 0 Å². The molecule has 20 heavy (non-hydrogen) atoms. The quantitative estimate of drug-likeness (QED) is 0.768. The number of rotatable bonds is 7. The summed E-state index contributed by atoms with van der Waals surface area (Å²) in [5.41, 5.74) is 3.29. The molecule has 1 aliphatic heterocycles. The highest BCUT2D eigenvalue weighted by Crippen LogP contribution is 2.33. The van der Waals surface area contributed by atoms with Gasteiger partial charge in [0.2, 0.25) is 0 Å². The molecule has 1 heterocycles. The van der Waals surface area contributed by atoms with Crippen molar-refractivity contribution >= 4 is 0 Å². The standard InChI is InChI=1S/C18H29NO/c1-3-11-19-15-18(9-12-20-13-10-18)14-17-7-5-16(4-2)6-8-17/h5-8,19H,3-4,9-15H2,1-2H3. The smallest absolute Gasteiger partial charge is 0.0471 e. The van der Waals surface area contributed by atoms with Gasteiger partial charge in [0, 0.05) is 19.8 Å². The first-order chi connectivity index (χ1) is 9.78. The molecule has 0 aliphatic carbocycles. The van der Waals surface area contributed by atoms with Crippen LogP contribution in [0.4, 0.5) is 0 Å². The summed E-state index contributed by atoms with van der Waals surface area (Å²) in [7, 11) is 0. The number of aryl methyl sites for hydroxylation is 1. The van der Waals surface area contributed by atoms with Gasteiger partial charge in [-0.15, -0.1) is 0 Å². The lowest BCUT2D eigenvalue weighted by molar-refractivity contribution is 0.0150. The maximum Gasteiger partial charge on any atom is 0.0471 e. The molecule has 2 rings (SSSR count). The van der Waals surface area contributed by atoms with E-state index >= 15 is 0 Å². The van der Waals surface area contributed by atoms with Crippen LogP contribution in [0.5, 0.6) is 0 Å². The second kappa shape index (κ2) is 7.80. The van der Waals surface area contributed by atoms with Gasteiger partial charge in [-0.05, 0) is 55.2 Å². The maximum atomic E-state index is 5.58. The Morgan fingerprint density at radius 2 is 1.70 bits per heavy atom. The Labute approximate surface area is 123 Å². The first-order valence-corrected chi connectivity index (χ1v) is 8.14. The van der Waals surface area contributed by atoms with E-state index in [1.807, 2.05) is 0 Å². The molecule has 112 valence electrons. The first-order valence-electron chi connectivity index (χ1n) is 8.14. The topological polar surface area (TPSA) is 21.3 Å². The van der Waals surface area contributed by atoms with E-state index in [-0.39, 0.29) is 0 Å². The summed E-state index contributed by atoms with van der Waals surface area (Å²) in [4.78, 5) is 0. The van der Waals surface area contributed by atoms with E-state index in [2.05, 4.69) is 43.4 Å². The predicted molar refractivity (Wildman–Crippen MR) is 85.2 cm³/mol. The van der Waals surface area contributed by atoms with E-state index in [9.17, 15) is 0 Å². The van der Waals surface area contributed by atoms with E-state index in [0.29, 0.717) is 5.41 Å². The zero-order valence-corrected chi connectivity index (χ0v) is 13.1. The molecule has 1 saturated heterocycles. The lowest BCUT2D eigenvalue weighted by Gasteiger charge is -2.38. The van der Waals surface area contributed by atoms with Gasteiger partial charge in [0.1, 0.15) is 0 Å². The van der Waals surface area contributed by atoms with Crippen LogP contribution in [0.1, 0.15) is 44.2 Å². The lowest BCUT2D eigenvalue weighted by atomic mass is 9.75. The summed E-state index contributed by atoms with van der Waals surface area (Å²) >= 11 is 0. The molecule has 1 aromatic rings. The number of benzene rings is 1. The summed E-state index contributed by atoms with van der Waals surface area (Å²) in [5.74, 6) is 0. The van der Waals surface area contributed by atoms with Gasteiger partial charge in [0.05, 0.1) is 0 Å². The van der Waals surface area contributed by atoms with E-state index < -0.39 is 0 Å². The van der Waals surface area contributed by atoms with E-state index in [4.69, 9.17) is 4.74 Å². The van der Waals surface area contributed by atoms with Crippen LogP contribution in [0.2, 0.25) is 0 Å². The van der Waals surface area contributed by atoms with Gasteiger partial charge in [-0.3, -0.25) is 0 Å². The highest BCUT2D eigenvalue weighted by atomic mass is 16.5. The fourth-order valence-corrected chi connectivity index (χ4v) is 3.08. The van der Waals surface area contributed by atoms with E-state index in [1.54, 1.807) is 0 Å². The maximum absolute atomic E-state index is 5.58. The summed E-state index contributed by atoms with van der Waals surface area (Å²) in [6, 6.07) is 9.19. The van der Waals surface area contributed by atoms with Gasteiger partial charge in [0.25, 0.3) is 0 Å². The summed E-state index contributed by atoms with van der Waals surface area (Å²) in [6.45, 7) is 8.52. The fraction of sp³-hybridized carbons (Fsp3) is 0.667. The van der Waals surface area contributed by atoms with Gasteiger partial charge in [-0.2, -0.15) is 0 Å². The molecule has 1 N–H and O–H groups in total. The molecule has 0 saturated carbocycles. The molecule has 1 aromatic carbocycles. The molecular weight excluding hydrogens is 246 g/mol. The van der Waals surface area contributed by atoms with Gasteiger partial charge < -0.3 is 10.1 Å².